The van der Waals surface area contributed by atoms with E-state index in [0.29, 0.717) is 47.8 Å². The van der Waals surface area contributed by atoms with Gasteiger partial charge in [0.05, 0.1) is 24.2 Å². The first-order chi connectivity index (χ1) is 19.4. The summed E-state index contributed by atoms with van der Waals surface area (Å²) >= 11 is 0. The SMILES string of the molecule is CN1CCC(Oc2ccc(-c3ccc(-c4nc5cc(O[C@@H]6CO[C@H]7[C@@H]6OC[C@H]7O)[nH]c5cc4F)cc3)cc2)C1=O. The molecule has 4 aromatic rings. The lowest BCUT2D eigenvalue weighted by Gasteiger charge is -2.16. The number of pyridine rings is 1. The van der Waals surface area contributed by atoms with E-state index >= 15 is 4.39 Å². The smallest absolute Gasteiger partial charge is 0.263 e. The number of nitrogens with one attached hydrogen (secondary N) is 1. The van der Waals surface area contributed by atoms with Crippen LogP contribution in [0, 0.1) is 5.82 Å². The van der Waals surface area contributed by atoms with Gasteiger partial charge in [0.1, 0.15) is 29.8 Å². The van der Waals surface area contributed by atoms with Crippen LogP contribution in [0.1, 0.15) is 6.42 Å². The fraction of sp³-hybridized carbons (Fsp3) is 0.333. The Morgan fingerprint density at radius 3 is 2.40 bits per heavy atom. The van der Waals surface area contributed by atoms with E-state index in [1.54, 1.807) is 18.0 Å². The molecule has 0 aliphatic carbocycles. The monoisotopic (exact) mass is 545 g/mol. The van der Waals surface area contributed by atoms with Crippen LogP contribution in [0.25, 0.3) is 33.4 Å². The molecule has 0 bridgehead atoms. The topological polar surface area (TPSA) is 106 Å². The maximum Gasteiger partial charge on any atom is 0.263 e. The number of likely N-dealkylation sites (N-methyl/N-ethyl adjacent to an activating group) is 1. The van der Waals surface area contributed by atoms with Crippen LogP contribution in [0.5, 0.6) is 11.6 Å². The van der Waals surface area contributed by atoms with Gasteiger partial charge in [0.2, 0.25) is 0 Å². The number of ether oxygens (including phenoxy) is 4. The van der Waals surface area contributed by atoms with Crippen LogP contribution < -0.4 is 9.47 Å². The summed E-state index contributed by atoms with van der Waals surface area (Å²) in [5.74, 6) is 0.638. The van der Waals surface area contributed by atoms with Gasteiger partial charge >= 0.3 is 0 Å². The molecule has 1 amide bonds. The van der Waals surface area contributed by atoms with Crippen LogP contribution in [0.2, 0.25) is 0 Å². The summed E-state index contributed by atoms with van der Waals surface area (Å²) in [7, 11) is 1.78. The zero-order chi connectivity index (χ0) is 27.4. The van der Waals surface area contributed by atoms with Gasteiger partial charge in [-0.15, -0.1) is 0 Å². The number of hydrogen-bond donors (Lipinski definition) is 2. The number of aromatic nitrogens is 2. The van der Waals surface area contributed by atoms with Crippen molar-refractivity contribution in [3.63, 3.8) is 0 Å². The number of nitrogens with zero attached hydrogens (tertiary/aromatic N) is 2. The van der Waals surface area contributed by atoms with Crippen molar-refractivity contribution in [1.82, 2.24) is 14.9 Å². The number of H-pyrrole nitrogens is 1. The van der Waals surface area contributed by atoms with Gasteiger partial charge in [-0.3, -0.25) is 4.79 Å². The number of aromatic amines is 1. The number of aliphatic hydroxyl groups excluding tert-OH is 1. The minimum atomic E-state index is -0.657. The Hall–Kier alpha value is -3.99. The summed E-state index contributed by atoms with van der Waals surface area (Å²) in [6, 6.07) is 18.2. The molecule has 5 heterocycles. The van der Waals surface area contributed by atoms with E-state index in [1.807, 2.05) is 48.5 Å². The predicted molar refractivity (Wildman–Crippen MR) is 143 cm³/mol. The molecule has 1 unspecified atom stereocenters. The molecule has 3 saturated heterocycles. The van der Waals surface area contributed by atoms with E-state index in [9.17, 15) is 9.90 Å². The molecular formula is C30H28FN3O6. The van der Waals surface area contributed by atoms with Crippen molar-refractivity contribution in [3.8, 4) is 34.0 Å². The second-order valence-electron chi connectivity index (χ2n) is 10.5. The van der Waals surface area contributed by atoms with Crippen LogP contribution in [0.4, 0.5) is 4.39 Å². The highest BCUT2D eigenvalue weighted by molar-refractivity contribution is 5.83. The van der Waals surface area contributed by atoms with Crippen molar-refractivity contribution < 1.29 is 33.2 Å². The minimum Gasteiger partial charge on any atom is -0.481 e. The molecule has 3 aliphatic heterocycles. The molecule has 2 aromatic heterocycles. The quantitative estimate of drug-likeness (QED) is 0.382. The van der Waals surface area contributed by atoms with Crippen LogP contribution in [0.15, 0.2) is 60.7 Å². The summed E-state index contributed by atoms with van der Waals surface area (Å²) < 4.78 is 38.2. The number of carbonyl (C=O) groups excluding carboxylic acids is 1. The first kappa shape index (κ1) is 25.0. The highest BCUT2D eigenvalue weighted by Gasteiger charge is 2.48. The molecule has 7 rings (SSSR count). The van der Waals surface area contributed by atoms with E-state index in [1.165, 1.54) is 6.07 Å². The molecule has 3 aliphatic rings. The van der Waals surface area contributed by atoms with Gasteiger partial charge in [0.25, 0.3) is 5.91 Å². The van der Waals surface area contributed by atoms with Gasteiger partial charge in [0.15, 0.2) is 23.9 Å². The average Bonchev–Trinajstić information content (AvgIpc) is 3.72. The molecule has 0 saturated carbocycles. The number of halogens is 1. The van der Waals surface area contributed by atoms with E-state index in [4.69, 9.17) is 18.9 Å². The van der Waals surface area contributed by atoms with Crippen LogP contribution >= 0.6 is 0 Å². The van der Waals surface area contributed by atoms with Gasteiger partial charge in [-0.1, -0.05) is 36.4 Å². The molecule has 5 atom stereocenters. The first-order valence-corrected chi connectivity index (χ1v) is 13.3. The third-order valence-electron chi connectivity index (χ3n) is 7.79. The highest BCUT2D eigenvalue weighted by atomic mass is 19.1. The lowest BCUT2D eigenvalue weighted by molar-refractivity contribution is -0.132. The van der Waals surface area contributed by atoms with E-state index < -0.39 is 24.1 Å². The highest BCUT2D eigenvalue weighted by Crippen LogP contribution is 2.33. The number of hydrogen-bond acceptors (Lipinski definition) is 7. The van der Waals surface area contributed by atoms with Crippen molar-refractivity contribution in [3.05, 3.63) is 66.5 Å². The van der Waals surface area contributed by atoms with Gasteiger partial charge in [-0.05, 0) is 23.3 Å². The van der Waals surface area contributed by atoms with Gasteiger partial charge in [0, 0.05) is 37.7 Å². The fourth-order valence-corrected chi connectivity index (χ4v) is 5.59. The van der Waals surface area contributed by atoms with Gasteiger partial charge < -0.3 is 33.9 Å². The maximum absolute atomic E-state index is 15.1. The molecule has 0 spiro atoms. The molecule has 2 N–H and O–H groups in total. The first-order valence-electron chi connectivity index (χ1n) is 13.3. The van der Waals surface area contributed by atoms with Crippen molar-refractivity contribution in [2.24, 2.45) is 0 Å². The molecule has 206 valence electrons. The molecular weight excluding hydrogens is 517 g/mol. The molecule has 0 radical (unpaired) electrons. The van der Waals surface area contributed by atoms with Gasteiger partial charge in [-0.25, -0.2) is 9.37 Å². The molecule has 10 heteroatoms. The summed E-state index contributed by atoms with van der Waals surface area (Å²) in [4.78, 5) is 21.4. The second-order valence-corrected chi connectivity index (χ2v) is 10.5. The molecule has 9 nitrogen and oxygen atoms in total. The number of benzene rings is 2. The lowest BCUT2D eigenvalue weighted by Crippen LogP contribution is -2.34. The normalized spacial score (nSPS) is 26.0. The summed E-state index contributed by atoms with van der Waals surface area (Å²) in [5, 5.41) is 9.94. The lowest BCUT2D eigenvalue weighted by atomic mass is 10.0. The Morgan fingerprint density at radius 1 is 0.975 bits per heavy atom. The van der Waals surface area contributed by atoms with Crippen LogP contribution in [-0.2, 0) is 14.3 Å². The fourth-order valence-electron chi connectivity index (χ4n) is 5.59. The second kappa shape index (κ2) is 9.88. The number of aliphatic hydroxyl groups is 1. The van der Waals surface area contributed by atoms with Gasteiger partial charge in [-0.2, -0.15) is 0 Å². The number of fused-ring (bicyclic) bond motifs is 2. The molecule has 40 heavy (non-hydrogen) atoms. The third-order valence-corrected chi connectivity index (χ3v) is 7.79. The number of likely N-dealkylation sites (tertiary alicyclic amines) is 1. The Labute approximate surface area is 229 Å². The Bertz CT molecular complexity index is 1560. The maximum atomic E-state index is 15.1. The van der Waals surface area contributed by atoms with Crippen molar-refractivity contribution in [2.45, 2.75) is 36.9 Å². The number of rotatable bonds is 6. The van der Waals surface area contributed by atoms with Crippen LogP contribution in [0.3, 0.4) is 0 Å². The molecule has 2 aromatic carbocycles. The van der Waals surface area contributed by atoms with Crippen molar-refractivity contribution >= 4 is 16.9 Å². The summed E-state index contributed by atoms with van der Waals surface area (Å²) in [6.07, 6.45) is -1.52. The summed E-state index contributed by atoms with van der Waals surface area (Å²) in [6.45, 7) is 1.22. The van der Waals surface area contributed by atoms with Crippen molar-refractivity contribution in [2.75, 3.05) is 26.8 Å². The number of carbonyl (C=O) groups is 1. The standard InChI is InChI=1S/C30H28FN3O6/c1-34-11-10-24(30(34)36)39-19-8-6-17(7-9-19)16-2-4-18(5-3-16)27-20(31)12-21-22(33-27)13-26(32-21)40-25-15-38-28-23(35)14-37-29(25)28/h2-9,12-13,23-25,28-29,32,35H,10-11,14-15H2,1H3/t23-,24?,25-,28-,29-/m1/s1. The third kappa shape index (κ3) is 4.47. The summed E-state index contributed by atoms with van der Waals surface area (Å²) in [5.41, 5.74) is 3.91. The van der Waals surface area contributed by atoms with Crippen molar-refractivity contribution in [1.29, 1.82) is 0 Å². The minimum absolute atomic E-state index is 0.00282. The zero-order valence-electron chi connectivity index (χ0n) is 21.7. The Kier molecular flexibility index (Phi) is 6.18. The number of amides is 1. The predicted octanol–water partition coefficient (Wildman–Crippen LogP) is 3.55. The Morgan fingerprint density at radius 2 is 1.68 bits per heavy atom. The largest absolute Gasteiger partial charge is 0.481 e. The molecule has 3 fully saturated rings. The van der Waals surface area contributed by atoms with Crippen LogP contribution in [-0.4, -0.2) is 83.2 Å². The zero-order valence-corrected chi connectivity index (χ0v) is 21.7. The average molecular weight is 546 g/mol. The van der Waals surface area contributed by atoms with E-state index in [0.717, 1.165) is 11.1 Å². The van der Waals surface area contributed by atoms with E-state index in [2.05, 4.69) is 9.97 Å². The Balaban J connectivity index is 1.06. The van der Waals surface area contributed by atoms with E-state index in [-0.39, 0.29) is 30.4 Å².